The average molecular weight is 251 g/mol. The van der Waals surface area contributed by atoms with Crippen molar-refractivity contribution in [2.75, 3.05) is 6.61 Å². The first-order valence-electron chi connectivity index (χ1n) is 5.91. The summed E-state index contributed by atoms with van der Waals surface area (Å²) in [5, 5.41) is 0. The van der Waals surface area contributed by atoms with Crippen LogP contribution < -0.4 is 16.0 Å². The molecule has 0 saturated carbocycles. The van der Waals surface area contributed by atoms with Crippen LogP contribution in [0.25, 0.3) is 0 Å². The molecule has 0 aromatic carbocycles. The zero-order chi connectivity index (χ0) is 13.0. The molecule has 2 heterocycles. The van der Waals surface area contributed by atoms with Crippen LogP contribution in [0.2, 0.25) is 0 Å². The van der Waals surface area contributed by atoms with Gasteiger partial charge in [-0.05, 0) is 31.9 Å². The fourth-order valence-electron chi connectivity index (χ4n) is 1.92. The number of amides is 1. The van der Waals surface area contributed by atoms with E-state index >= 15 is 0 Å². The smallest absolute Gasteiger partial charge is 0.263 e. The van der Waals surface area contributed by atoms with Crippen LogP contribution in [0, 0.1) is 6.92 Å². The topological polar surface area (TPSA) is 86.5 Å². The highest BCUT2D eigenvalue weighted by molar-refractivity contribution is 5.80. The minimum absolute atomic E-state index is 0.0769. The third-order valence-corrected chi connectivity index (χ3v) is 2.93. The van der Waals surface area contributed by atoms with Gasteiger partial charge in [0.2, 0.25) is 0 Å². The van der Waals surface area contributed by atoms with Crippen LogP contribution in [0.15, 0.2) is 18.3 Å². The quantitative estimate of drug-likeness (QED) is 0.457. The van der Waals surface area contributed by atoms with Crippen LogP contribution in [0.5, 0.6) is 5.75 Å². The van der Waals surface area contributed by atoms with Gasteiger partial charge >= 0.3 is 0 Å². The molecule has 6 heteroatoms. The molecule has 0 radical (unpaired) electrons. The fourth-order valence-corrected chi connectivity index (χ4v) is 1.92. The second-order valence-corrected chi connectivity index (χ2v) is 4.23. The Balaban J connectivity index is 1.82. The highest BCUT2D eigenvalue weighted by Crippen LogP contribution is 2.21. The van der Waals surface area contributed by atoms with Crippen LogP contribution in [-0.4, -0.2) is 29.7 Å². The molecular weight excluding hydrogens is 234 g/mol. The number of nitrogens with two attached hydrogens (primary N) is 1. The first kappa shape index (κ1) is 12.8. The summed E-state index contributed by atoms with van der Waals surface area (Å²) in [4.78, 5) is 15.4. The largest absolute Gasteiger partial charge is 0.489 e. The van der Waals surface area contributed by atoms with Crippen LogP contribution in [0.3, 0.4) is 0 Å². The second kappa shape index (κ2) is 5.79. The molecule has 0 aliphatic carbocycles. The van der Waals surface area contributed by atoms with E-state index in [9.17, 15) is 4.79 Å². The van der Waals surface area contributed by atoms with Crippen molar-refractivity contribution >= 4 is 5.91 Å². The number of carbonyl (C=O) groups is 1. The molecule has 0 spiro atoms. The molecule has 0 bridgehead atoms. The van der Waals surface area contributed by atoms with E-state index in [1.165, 1.54) is 0 Å². The van der Waals surface area contributed by atoms with Crippen molar-refractivity contribution in [3.8, 4) is 5.75 Å². The molecule has 3 N–H and O–H groups in total. The van der Waals surface area contributed by atoms with Gasteiger partial charge in [0.15, 0.2) is 0 Å². The predicted molar refractivity (Wildman–Crippen MR) is 64.7 cm³/mol. The molecule has 6 nitrogen and oxygen atoms in total. The summed E-state index contributed by atoms with van der Waals surface area (Å²) >= 11 is 0. The molecule has 98 valence electrons. The molecule has 1 aromatic rings. The molecule has 1 saturated heterocycles. The van der Waals surface area contributed by atoms with Gasteiger partial charge < -0.3 is 9.47 Å². The van der Waals surface area contributed by atoms with E-state index in [0.29, 0.717) is 13.0 Å². The number of rotatable bonds is 4. The Morgan fingerprint density at radius 2 is 2.50 bits per heavy atom. The van der Waals surface area contributed by atoms with E-state index in [2.05, 4.69) is 10.4 Å². The monoisotopic (exact) mass is 251 g/mol. The van der Waals surface area contributed by atoms with Crippen LogP contribution in [-0.2, 0) is 9.53 Å². The third-order valence-electron chi connectivity index (χ3n) is 2.93. The number of aromatic nitrogens is 1. The first-order chi connectivity index (χ1) is 8.70. The number of ether oxygens (including phenoxy) is 2. The highest BCUT2D eigenvalue weighted by Gasteiger charge is 2.30. The maximum atomic E-state index is 11.3. The molecule has 2 rings (SSSR count). The summed E-state index contributed by atoms with van der Waals surface area (Å²) in [7, 11) is 0. The van der Waals surface area contributed by atoms with E-state index < -0.39 is 6.10 Å². The number of hydrogen-bond acceptors (Lipinski definition) is 5. The lowest BCUT2D eigenvalue weighted by Gasteiger charge is -2.14. The van der Waals surface area contributed by atoms with Crippen molar-refractivity contribution in [3.05, 3.63) is 24.0 Å². The maximum Gasteiger partial charge on any atom is 0.263 e. The number of hydrazine groups is 1. The molecule has 18 heavy (non-hydrogen) atoms. The molecule has 2 atom stereocenters. The van der Waals surface area contributed by atoms with Gasteiger partial charge in [-0.15, -0.1) is 0 Å². The van der Waals surface area contributed by atoms with E-state index in [0.717, 1.165) is 17.9 Å². The van der Waals surface area contributed by atoms with Crippen molar-refractivity contribution < 1.29 is 14.3 Å². The Labute approximate surface area is 105 Å². The van der Waals surface area contributed by atoms with Crippen LogP contribution in [0.1, 0.15) is 18.5 Å². The Morgan fingerprint density at radius 3 is 3.22 bits per heavy atom. The zero-order valence-corrected chi connectivity index (χ0v) is 10.3. The normalized spacial score (nSPS) is 22.8. The van der Waals surface area contributed by atoms with Gasteiger partial charge in [0, 0.05) is 6.20 Å². The number of pyridine rings is 1. The highest BCUT2D eigenvalue weighted by atomic mass is 16.5. The third kappa shape index (κ3) is 2.96. The fraction of sp³-hybridized carbons (Fsp3) is 0.500. The van der Waals surface area contributed by atoms with Crippen molar-refractivity contribution in [1.82, 2.24) is 10.4 Å². The molecule has 1 amide bonds. The summed E-state index contributed by atoms with van der Waals surface area (Å²) in [6.07, 6.45) is 2.64. The predicted octanol–water partition coefficient (Wildman–Crippen LogP) is 0.306. The van der Waals surface area contributed by atoms with Gasteiger partial charge in [-0.2, -0.15) is 0 Å². The number of nitrogens with zero attached hydrogens (tertiary/aromatic N) is 1. The molecule has 1 fully saturated rings. The molecular formula is C12H17N3O3. The Bertz CT molecular complexity index is 425. The number of carbonyl (C=O) groups excluding carboxylic acids is 1. The molecule has 1 aromatic heterocycles. The van der Waals surface area contributed by atoms with Gasteiger partial charge in [-0.1, -0.05) is 0 Å². The van der Waals surface area contributed by atoms with Crippen LogP contribution in [0.4, 0.5) is 0 Å². The van der Waals surface area contributed by atoms with Gasteiger partial charge in [0.1, 0.15) is 18.5 Å². The molecule has 2 unspecified atom stereocenters. The Kier molecular flexibility index (Phi) is 4.11. The lowest BCUT2D eigenvalue weighted by molar-refractivity contribution is -0.132. The average Bonchev–Trinajstić information content (AvgIpc) is 2.86. The lowest BCUT2D eigenvalue weighted by atomic mass is 10.2. The van der Waals surface area contributed by atoms with Crippen molar-refractivity contribution in [2.45, 2.75) is 32.0 Å². The zero-order valence-electron chi connectivity index (χ0n) is 10.3. The van der Waals surface area contributed by atoms with Crippen molar-refractivity contribution in [2.24, 2.45) is 5.84 Å². The maximum absolute atomic E-state index is 11.3. The van der Waals surface area contributed by atoms with E-state index in [4.69, 9.17) is 15.3 Å². The number of hydrogen-bond donors (Lipinski definition) is 2. The second-order valence-electron chi connectivity index (χ2n) is 4.23. The summed E-state index contributed by atoms with van der Waals surface area (Å²) in [5.74, 6) is 5.52. The standard InChI is InChI=1S/C12H17N3O3/c1-8-10(3-2-6-14-8)17-7-9-4-5-11(18-9)12(16)15-13/h2-3,6,9,11H,4-5,7,13H2,1H3,(H,15,16). The SMILES string of the molecule is Cc1ncccc1OCC1CCC(C(=O)NN)O1. The molecule has 1 aliphatic heterocycles. The summed E-state index contributed by atoms with van der Waals surface area (Å²) in [5.41, 5.74) is 2.94. The van der Waals surface area contributed by atoms with E-state index in [1.54, 1.807) is 6.20 Å². The Morgan fingerprint density at radius 1 is 1.67 bits per heavy atom. The molecule has 1 aliphatic rings. The first-order valence-corrected chi connectivity index (χ1v) is 5.91. The summed E-state index contributed by atoms with van der Waals surface area (Å²) < 4.78 is 11.2. The van der Waals surface area contributed by atoms with E-state index in [1.807, 2.05) is 19.1 Å². The van der Waals surface area contributed by atoms with Crippen molar-refractivity contribution in [3.63, 3.8) is 0 Å². The summed E-state index contributed by atoms with van der Waals surface area (Å²) in [6.45, 7) is 2.30. The number of nitrogens with one attached hydrogen (secondary N) is 1. The Hall–Kier alpha value is -1.66. The van der Waals surface area contributed by atoms with E-state index in [-0.39, 0.29) is 12.0 Å². The number of aryl methyl sites for hydroxylation is 1. The minimum atomic E-state index is -0.460. The van der Waals surface area contributed by atoms with Gasteiger partial charge in [-0.25, -0.2) is 5.84 Å². The van der Waals surface area contributed by atoms with Gasteiger partial charge in [0.05, 0.1) is 11.8 Å². The summed E-state index contributed by atoms with van der Waals surface area (Å²) in [6, 6.07) is 3.68. The van der Waals surface area contributed by atoms with Crippen molar-refractivity contribution in [1.29, 1.82) is 0 Å². The van der Waals surface area contributed by atoms with Gasteiger partial charge in [0.25, 0.3) is 5.91 Å². The minimum Gasteiger partial charge on any atom is -0.489 e. The van der Waals surface area contributed by atoms with Crippen LogP contribution >= 0.6 is 0 Å². The van der Waals surface area contributed by atoms with Gasteiger partial charge in [-0.3, -0.25) is 15.2 Å². The lowest BCUT2D eigenvalue weighted by Crippen LogP contribution is -2.39.